The number of hydrogen-bond donors (Lipinski definition) is 0. The van der Waals surface area contributed by atoms with E-state index in [2.05, 4.69) is 23.8 Å². The summed E-state index contributed by atoms with van der Waals surface area (Å²) in [5, 5.41) is 1.59. The summed E-state index contributed by atoms with van der Waals surface area (Å²) in [4.78, 5) is 11.4. The van der Waals surface area contributed by atoms with E-state index in [1.807, 2.05) is 0 Å². The molecule has 0 spiro atoms. The van der Waals surface area contributed by atoms with Crippen molar-refractivity contribution in [2.45, 2.75) is 45.6 Å². The number of halogens is 1. The molecule has 5 heteroatoms. The molecule has 2 aromatic rings. The zero-order valence-electron chi connectivity index (χ0n) is 11.2. The van der Waals surface area contributed by atoms with Gasteiger partial charge in [-0.15, -0.1) is 11.3 Å². The molecular weight excluding hydrogens is 280 g/mol. The Morgan fingerprint density at radius 1 is 1.32 bits per heavy atom. The summed E-state index contributed by atoms with van der Waals surface area (Å²) in [5.74, 6) is 0.811. The molecule has 1 aliphatic heterocycles. The summed E-state index contributed by atoms with van der Waals surface area (Å²) in [6.07, 6.45) is 4.52. The number of aryl methyl sites for hydroxylation is 2. The third kappa shape index (κ3) is 2.62. The Bertz CT molecular complexity index is 605. The maximum Gasteiger partial charge on any atom is 0.141 e. The molecule has 1 fully saturated rings. The van der Waals surface area contributed by atoms with Crippen molar-refractivity contribution in [3.63, 3.8) is 0 Å². The van der Waals surface area contributed by atoms with Gasteiger partial charge in [-0.05, 0) is 38.7 Å². The lowest BCUT2D eigenvalue weighted by molar-refractivity contribution is 0.0157. The molecule has 3 heterocycles. The van der Waals surface area contributed by atoms with Gasteiger partial charge in [-0.3, -0.25) is 0 Å². The predicted molar refractivity (Wildman–Crippen MR) is 79.2 cm³/mol. The van der Waals surface area contributed by atoms with Crippen LogP contribution in [0.1, 0.15) is 35.5 Å². The van der Waals surface area contributed by atoms with Gasteiger partial charge in [0, 0.05) is 17.9 Å². The maximum absolute atomic E-state index is 6.31. The Hall–Kier alpha value is -0.710. The first-order valence-corrected chi connectivity index (χ1v) is 7.88. The van der Waals surface area contributed by atoms with Crippen LogP contribution in [0.2, 0.25) is 5.15 Å². The van der Waals surface area contributed by atoms with E-state index in [9.17, 15) is 0 Å². The number of nitrogens with zero attached hydrogens (tertiary/aromatic N) is 2. The minimum Gasteiger partial charge on any atom is -0.378 e. The van der Waals surface area contributed by atoms with E-state index in [-0.39, 0.29) is 6.10 Å². The summed E-state index contributed by atoms with van der Waals surface area (Å²) >= 11 is 8.01. The molecule has 1 aliphatic rings. The van der Waals surface area contributed by atoms with Crippen LogP contribution in [0.4, 0.5) is 0 Å². The van der Waals surface area contributed by atoms with Crippen molar-refractivity contribution in [3.8, 4) is 0 Å². The molecule has 0 aromatic carbocycles. The summed E-state index contributed by atoms with van der Waals surface area (Å²) in [7, 11) is 0. The van der Waals surface area contributed by atoms with Gasteiger partial charge in [0.2, 0.25) is 0 Å². The molecule has 0 bridgehead atoms. The second kappa shape index (κ2) is 5.35. The summed E-state index contributed by atoms with van der Waals surface area (Å²) in [6.45, 7) is 5.03. The fourth-order valence-electron chi connectivity index (χ4n) is 2.51. The molecule has 19 heavy (non-hydrogen) atoms. The molecule has 2 aromatic heterocycles. The molecule has 0 aliphatic carbocycles. The third-order valence-electron chi connectivity index (χ3n) is 3.72. The van der Waals surface area contributed by atoms with E-state index in [0.717, 1.165) is 35.5 Å². The Morgan fingerprint density at radius 2 is 2.16 bits per heavy atom. The van der Waals surface area contributed by atoms with E-state index in [4.69, 9.17) is 16.3 Å². The van der Waals surface area contributed by atoms with Crippen LogP contribution in [0.5, 0.6) is 0 Å². The van der Waals surface area contributed by atoms with E-state index in [0.29, 0.717) is 5.15 Å². The Labute approximate surface area is 122 Å². The molecule has 1 unspecified atom stereocenters. The van der Waals surface area contributed by atoms with Gasteiger partial charge in [0.25, 0.3) is 0 Å². The van der Waals surface area contributed by atoms with Gasteiger partial charge in [-0.25, -0.2) is 9.97 Å². The minimum absolute atomic E-state index is 0.254. The van der Waals surface area contributed by atoms with Crippen LogP contribution in [0.15, 0.2) is 0 Å². The molecule has 3 nitrogen and oxygen atoms in total. The molecule has 0 radical (unpaired) electrons. The van der Waals surface area contributed by atoms with E-state index in [1.54, 1.807) is 11.3 Å². The standard InChI is InChI=1S/C14H17ClN2OS/c1-8-9(2)19-14-12(8)13(15)16-11(17-14)7-10-5-3-4-6-18-10/h10H,3-7H2,1-2H3. The highest BCUT2D eigenvalue weighted by molar-refractivity contribution is 7.18. The SMILES string of the molecule is Cc1sc2nc(CC3CCCCO3)nc(Cl)c2c1C. The van der Waals surface area contributed by atoms with Gasteiger partial charge in [0.15, 0.2) is 0 Å². The lowest BCUT2D eigenvalue weighted by Crippen LogP contribution is -2.22. The lowest BCUT2D eigenvalue weighted by Gasteiger charge is -2.21. The first kappa shape index (κ1) is 13.3. The first-order valence-electron chi connectivity index (χ1n) is 6.69. The summed E-state index contributed by atoms with van der Waals surface area (Å²) in [5.41, 5.74) is 1.20. The largest absolute Gasteiger partial charge is 0.378 e. The minimum atomic E-state index is 0.254. The average Bonchev–Trinajstić information content (AvgIpc) is 2.66. The topological polar surface area (TPSA) is 35.0 Å². The highest BCUT2D eigenvalue weighted by atomic mass is 35.5. The second-order valence-electron chi connectivity index (χ2n) is 5.09. The van der Waals surface area contributed by atoms with Crippen molar-refractivity contribution >= 4 is 33.2 Å². The average molecular weight is 297 g/mol. The van der Waals surface area contributed by atoms with E-state index >= 15 is 0 Å². The Balaban J connectivity index is 1.92. The number of fused-ring (bicyclic) bond motifs is 1. The number of thiophene rings is 1. The molecule has 3 rings (SSSR count). The molecular formula is C14H17ClN2OS. The van der Waals surface area contributed by atoms with Crippen molar-refractivity contribution in [3.05, 3.63) is 21.4 Å². The Kier molecular flexibility index (Phi) is 3.74. The zero-order chi connectivity index (χ0) is 13.4. The van der Waals surface area contributed by atoms with Crippen LogP contribution in [0.3, 0.4) is 0 Å². The normalized spacial score (nSPS) is 20.1. The van der Waals surface area contributed by atoms with E-state index < -0.39 is 0 Å². The number of aromatic nitrogens is 2. The maximum atomic E-state index is 6.31. The van der Waals surface area contributed by atoms with Crippen molar-refractivity contribution in [2.24, 2.45) is 0 Å². The highest BCUT2D eigenvalue weighted by Gasteiger charge is 2.18. The van der Waals surface area contributed by atoms with Crippen molar-refractivity contribution in [2.75, 3.05) is 6.61 Å². The van der Waals surface area contributed by atoms with Gasteiger partial charge in [-0.1, -0.05) is 11.6 Å². The number of hydrogen-bond acceptors (Lipinski definition) is 4. The number of ether oxygens (including phenoxy) is 1. The van der Waals surface area contributed by atoms with Crippen LogP contribution in [0.25, 0.3) is 10.2 Å². The smallest absolute Gasteiger partial charge is 0.141 e. The summed E-state index contributed by atoms with van der Waals surface area (Å²) in [6, 6.07) is 0. The van der Waals surface area contributed by atoms with Crippen LogP contribution >= 0.6 is 22.9 Å². The predicted octanol–water partition coefficient (Wildman–Crippen LogP) is 4.07. The van der Waals surface area contributed by atoms with Crippen LogP contribution in [-0.2, 0) is 11.2 Å². The fourth-order valence-corrected chi connectivity index (χ4v) is 3.94. The Morgan fingerprint density at radius 3 is 2.89 bits per heavy atom. The quantitative estimate of drug-likeness (QED) is 0.784. The van der Waals surface area contributed by atoms with Crippen molar-refractivity contribution < 1.29 is 4.74 Å². The van der Waals surface area contributed by atoms with Gasteiger partial charge in [0.1, 0.15) is 15.8 Å². The van der Waals surface area contributed by atoms with Gasteiger partial charge >= 0.3 is 0 Å². The first-order chi connectivity index (χ1) is 9.15. The lowest BCUT2D eigenvalue weighted by atomic mass is 10.1. The van der Waals surface area contributed by atoms with Crippen LogP contribution < -0.4 is 0 Å². The van der Waals surface area contributed by atoms with Crippen molar-refractivity contribution in [1.82, 2.24) is 9.97 Å². The molecule has 0 N–H and O–H groups in total. The van der Waals surface area contributed by atoms with Gasteiger partial charge in [-0.2, -0.15) is 0 Å². The van der Waals surface area contributed by atoms with Crippen molar-refractivity contribution in [1.29, 1.82) is 0 Å². The fraction of sp³-hybridized carbons (Fsp3) is 0.571. The summed E-state index contributed by atoms with van der Waals surface area (Å²) < 4.78 is 5.74. The van der Waals surface area contributed by atoms with Crippen LogP contribution in [-0.4, -0.2) is 22.7 Å². The number of rotatable bonds is 2. The van der Waals surface area contributed by atoms with Crippen LogP contribution in [0, 0.1) is 13.8 Å². The zero-order valence-corrected chi connectivity index (χ0v) is 12.8. The molecule has 1 atom stereocenters. The second-order valence-corrected chi connectivity index (χ2v) is 6.65. The molecule has 102 valence electrons. The molecule has 0 amide bonds. The molecule has 0 saturated carbocycles. The third-order valence-corrected chi connectivity index (χ3v) is 5.09. The monoisotopic (exact) mass is 296 g/mol. The highest BCUT2D eigenvalue weighted by Crippen LogP contribution is 2.33. The van der Waals surface area contributed by atoms with E-state index in [1.165, 1.54) is 23.3 Å². The van der Waals surface area contributed by atoms with Gasteiger partial charge < -0.3 is 4.74 Å². The molecule has 1 saturated heterocycles. The van der Waals surface area contributed by atoms with Gasteiger partial charge in [0.05, 0.1) is 11.5 Å².